The minimum atomic E-state index is -0.976. The van der Waals surface area contributed by atoms with Gasteiger partial charge in [0.15, 0.2) is 0 Å². The molecule has 0 saturated heterocycles. The average molecular weight is 221 g/mol. The molecule has 0 radical (unpaired) electrons. The summed E-state index contributed by atoms with van der Waals surface area (Å²) in [6.45, 7) is 2.41. The third-order valence-corrected chi connectivity index (χ3v) is 2.38. The van der Waals surface area contributed by atoms with Crippen LogP contribution in [0, 0.1) is 12.3 Å². The summed E-state index contributed by atoms with van der Waals surface area (Å²) in [7, 11) is 0. The number of carbonyl (C=O) groups is 1. The molecule has 2 N–H and O–H groups in total. The topological polar surface area (TPSA) is 62.5 Å². The van der Waals surface area contributed by atoms with Crippen molar-refractivity contribution in [3.63, 3.8) is 0 Å². The number of hydrogen-bond acceptors (Lipinski definition) is 3. The van der Waals surface area contributed by atoms with Crippen LogP contribution in [0.2, 0.25) is 0 Å². The number of carboxylic acid groups (broad SMARTS) is 1. The first-order valence-electron chi connectivity index (χ1n) is 5.15. The zero-order chi connectivity index (χ0) is 12.0. The molecule has 0 aliphatic heterocycles. The van der Waals surface area contributed by atoms with E-state index in [2.05, 4.69) is 11.2 Å². The Labute approximate surface area is 94.7 Å². The molecule has 4 nitrogen and oxygen atoms in total. The molecule has 0 bridgehead atoms. The van der Waals surface area contributed by atoms with Gasteiger partial charge in [0.25, 0.3) is 0 Å². The lowest BCUT2D eigenvalue weighted by Crippen LogP contribution is -2.27. The predicted molar refractivity (Wildman–Crippen MR) is 60.0 cm³/mol. The summed E-state index contributed by atoms with van der Waals surface area (Å²) in [6.07, 6.45) is 8.12. The van der Waals surface area contributed by atoms with E-state index in [9.17, 15) is 4.79 Å². The number of furan rings is 1. The standard InChI is InChI=1S/C12H15NO3/c1-3-5-9(4-2)13-8-11-10(12(14)15)6-7-16-11/h1,6-7,9,13H,4-5,8H2,2H3,(H,14,15). The molecular formula is C12H15NO3. The highest BCUT2D eigenvalue weighted by Crippen LogP contribution is 2.11. The largest absolute Gasteiger partial charge is 0.478 e. The van der Waals surface area contributed by atoms with Gasteiger partial charge in [-0.25, -0.2) is 4.79 Å². The van der Waals surface area contributed by atoms with Crippen molar-refractivity contribution in [2.24, 2.45) is 0 Å². The molecule has 1 rings (SSSR count). The second-order valence-corrected chi connectivity index (χ2v) is 3.46. The molecule has 0 aliphatic carbocycles. The van der Waals surface area contributed by atoms with E-state index >= 15 is 0 Å². The second kappa shape index (κ2) is 5.99. The van der Waals surface area contributed by atoms with Gasteiger partial charge in [-0.3, -0.25) is 0 Å². The average Bonchev–Trinajstić information content (AvgIpc) is 2.72. The molecule has 1 heterocycles. The van der Waals surface area contributed by atoms with Crippen LogP contribution in [0.4, 0.5) is 0 Å². The molecule has 16 heavy (non-hydrogen) atoms. The molecule has 0 aliphatic rings. The Hall–Kier alpha value is -1.73. The van der Waals surface area contributed by atoms with Crippen molar-refractivity contribution in [1.82, 2.24) is 5.32 Å². The number of carboxylic acids is 1. The Morgan fingerprint density at radius 2 is 2.50 bits per heavy atom. The molecule has 0 amide bonds. The lowest BCUT2D eigenvalue weighted by atomic mass is 10.1. The SMILES string of the molecule is C#CCC(CC)NCc1occc1C(=O)O. The highest BCUT2D eigenvalue weighted by molar-refractivity contribution is 5.88. The first kappa shape index (κ1) is 12.3. The van der Waals surface area contributed by atoms with Gasteiger partial charge in [-0.2, -0.15) is 0 Å². The van der Waals surface area contributed by atoms with E-state index in [4.69, 9.17) is 15.9 Å². The maximum Gasteiger partial charge on any atom is 0.339 e. The van der Waals surface area contributed by atoms with Gasteiger partial charge in [-0.05, 0) is 12.5 Å². The molecule has 0 fully saturated rings. The normalized spacial score (nSPS) is 12.0. The Morgan fingerprint density at radius 1 is 1.75 bits per heavy atom. The van der Waals surface area contributed by atoms with Crippen molar-refractivity contribution in [1.29, 1.82) is 0 Å². The Balaban J connectivity index is 2.57. The molecule has 1 atom stereocenters. The van der Waals surface area contributed by atoms with Gasteiger partial charge < -0.3 is 14.8 Å². The van der Waals surface area contributed by atoms with Gasteiger partial charge in [-0.1, -0.05) is 6.92 Å². The van der Waals surface area contributed by atoms with Gasteiger partial charge in [0.1, 0.15) is 11.3 Å². The summed E-state index contributed by atoms with van der Waals surface area (Å²) in [6, 6.07) is 1.64. The second-order valence-electron chi connectivity index (χ2n) is 3.46. The summed E-state index contributed by atoms with van der Waals surface area (Å²) < 4.78 is 5.10. The number of terminal acetylenes is 1. The van der Waals surface area contributed by atoms with E-state index in [1.807, 2.05) is 6.92 Å². The monoisotopic (exact) mass is 221 g/mol. The lowest BCUT2D eigenvalue weighted by Gasteiger charge is -2.12. The molecule has 86 valence electrons. The molecule has 1 unspecified atom stereocenters. The lowest BCUT2D eigenvalue weighted by molar-refractivity contribution is 0.0694. The van der Waals surface area contributed by atoms with E-state index in [1.165, 1.54) is 12.3 Å². The van der Waals surface area contributed by atoms with Gasteiger partial charge >= 0.3 is 5.97 Å². The van der Waals surface area contributed by atoms with Gasteiger partial charge in [-0.15, -0.1) is 12.3 Å². The fourth-order valence-electron chi connectivity index (χ4n) is 1.41. The van der Waals surface area contributed by atoms with Crippen molar-refractivity contribution in [3.8, 4) is 12.3 Å². The van der Waals surface area contributed by atoms with Crippen molar-refractivity contribution < 1.29 is 14.3 Å². The third kappa shape index (κ3) is 3.14. The van der Waals surface area contributed by atoms with E-state index in [0.29, 0.717) is 18.7 Å². The highest BCUT2D eigenvalue weighted by Gasteiger charge is 2.14. The van der Waals surface area contributed by atoms with Crippen LogP contribution in [0.5, 0.6) is 0 Å². The van der Waals surface area contributed by atoms with Crippen LogP contribution in [0.15, 0.2) is 16.7 Å². The summed E-state index contributed by atoms with van der Waals surface area (Å²) in [5.74, 6) is 2.03. The zero-order valence-electron chi connectivity index (χ0n) is 9.19. The first-order valence-corrected chi connectivity index (χ1v) is 5.15. The summed E-state index contributed by atoms with van der Waals surface area (Å²) in [5.41, 5.74) is 0.197. The first-order chi connectivity index (χ1) is 7.69. The third-order valence-electron chi connectivity index (χ3n) is 2.38. The van der Waals surface area contributed by atoms with Crippen LogP contribution < -0.4 is 5.32 Å². The highest BCUT2D eigenvalue weighted by atomic mass is 16.4. The van der Waals surface area contributed by atoms with Crippen molar-refractivity contribution in [3.05, 3.63) is 23.7 Å². The molecule has 0 saturated carbocycles. The van der Waals surface area contributed by atoms with Crippen molar-refractivity contribution in [2.75, 3.05) is 0 Å². The van der Waals surface area contributed by atoms with E-state index < -0.39 is 5.97 Å². The van der Waals surface area contributed by atoms with Crippen molar-refractivity contribution >= 4 is 5.97 Å². The molecule has 0 spiro atoms. The number of nitrogens with one attached hydrogen (secondary N) is 1. The Bertz CT molecular complexity index is 389. The fourth-order valence-corrected chi connectivity index (χ4v) is 1.41. The van der Waals surface area contributed by atoms with Crippen molar-refractivity contribution in [2.45, 2.75) is 32.4 Å². The Kier molecular flexibility index (Phi) is 4.62. The number of aromatic carboxylic acids is 1. The minimum Gasteiger partial charge on any atom is -0.478 e. The predicted octanol–water partition coefficient (Wildman–Crippen LogP) is 1.87. The van der Waals surface area contributed by atoms with Crippen LogP contribution >= 0.6 is 0 Å². The van der Waals surface area contributed by atoms with E-state index in [0.717, 1.165) is 6.42 Å². The van der Waals surface area contributed by atoms with Gasteiger partial charge in [0.05, 0.1) is 12.8 Å². The summed E-state index contributed by atoms with van der Waals surface area (Å²) in [4.78, 5) is 10.8. The molecule has 4 heteroatoms. The summed E-state index contributed by atoms with van der Waals surface area (Å²) in [5, 5.41) is 12.0. The molecule has 1 aromatic rings. The van der Waals surface area contributed by atoms with E-state index in [1.54, 1.807) is 0 Å². The summed E-state index contributed by atoms with van der Waals surface area (Å²) >= 11 is 0. The van der Waals surface area contributed by atoms with Crippen LogP contribution in [-0.2, 0) is 6.54 Å². The van der Waals surface area contributed by atoms with Crippen LogP contribution in [0.1, 0.15) is 35.9 Å². The smallest absolute Gasteiger partial charge is 0.339 e. The number of hydrogen-bond donors (Lipinski definition) is 2. The van der Waals surface area contributed by atoms with Crippen LogP contribution in [0.3, 0.4) is 0 Å². The maximum absolute atomic E-state index is 10.8. The maximum atomic E-state index is 10.8. The molecular weight excluding hydrogens is 206 g/mol. The Morgan fingerprint density at radius 3 is 3.06 bits per heavy atom. The zero-order valence-corrected chi connectivity index (χ0v) is 9.19. The number of rotatable bonds is 6. The van der Waals surface area contributed by atoms with E-state index in [-0.39, 0.29) is 11.6 Å². The molecule has 1 aromatic heterocycles. The minimum absolute atomic E-state index is 0.191. The van der Waals surface area contributed by atoms with Gasteiger partial charge in [0, 0.05) is 12.5 Å². The van der Waals surface area contributed by atoms with Gasteiger partial charge in [0.2, 0.25) is 0 Å². The van der Waals surface area contributed by atoms with Crippen LogP contribution in [0.25, 0.3) is 0 Å². The molecule has 0 aromatic carbocycles. The quantitative estimate of drug-likeness (QED) is 0.720. The van der Waals surface area contributed by atoms with Crippen LogP contribution in [-0.4, -0.2) is 17.1 Å². The fraction of sp³-hybridized carbons (Fsp3) is 0.417.